The Morgan fingerprint density at radius 1 is 1.24 bits per heavy atom. The molecule has 2 fully saturated rings. The number of benzene rings is 1. The van der Waals surface area contributed by atoms with Crippen molar-refractivity contribution in [2.45, 2.75) is 31.1 Å². The molecule has 2 heterocycles. The van der Waals surface area contributed by atoms with Gasteiger partial charge in [0.25, 0.3) is 0 Å². The molecule has 2 aliphatic rings. The third kappa shape index (κ3) is 3.86. The summed E-state index contributed by atoms with van der Waals surface area (Å²) in [6.07, 6.45) is 3.34. The topological polar surface area (TPSA) is 67.6 Å². The molecular formula is C20H27N3O2. The van der Waals surface area contributed by atoms with Gasteiger partial charge >= 0.3 is 0 Å². The molecule has 1 aromatic rings. The van der Waals surface area contributed by atoms with Crippen LogP contribution in [0.25, 0.3) is 0 Å². The summed E-state index contributed by atoms with van der Waals surface area (Å²) in [6, 6.07) is 12.5. The number of aliphatic hydroxyl groups excluding tert-OH is 1. The van der Waals surface area contributed by atoms with Crippen molar-refractivity contribution in [2.75, 3.05) is 39.3 Å². The van der Waals surface area contributed by atoms with Crippen LogP contribution in [-0.2, 0) is 10.2 Å². The van der Waals surface area contributed by atoms with E-state index in [0.717, 1.165) is 31.5 Å². The summed E-state index contributed by atoms with van der Waals surface area (Å²) in [5.74, 6) is 0.258. The van der Waals surface area contributed by atoms with Gasteiger partial charge in [-0.3, -0.25) is 4.79 Å². The van der Waals surface area contributed by atoms with Crippen molar-refractivity contribution in [3.63, 3.8) is 0 Å². The molecule has 134 valence electrons. The van der Waals surface area contributed by atoms with Crippen LogP contribution in [0.1, 0.15) is 31.2 Å². The molecule has 0 saturated carbocycles. The van der Waals surface area contributed by atoms with Gasteiger partial charge in [0.05, 0.1) is 24.0 Å². The number of carbonyl (C=O) groups excluding carboxylic acids is 1. The molecule has 5 heteroatoms. The molecule has 3 rings (SSSR count). The minimum atomic E-state index is -0.465. The monoisotopic (exact) mass is 341 g/mol. The van der Waals surface area contributed by atoms with Crippen LogP contribution in [0.2, 0.25) is 0 Å². The lowest BCUT2D eigenvalue weighted by Crippen LogP contribution is -2.50. The molecule has 0 radical (unpaired) electrons. The fourth-order valence-electron chi connectivity index (χ4n) is 4.19. The first-order chi connectivity index (χ1) is 12.2. The maximum Gasteiger partial charge on any atom is 0.226 e. The van der Waals surface area contributed by atoms with E-state index < -0.39 is 5.41 Å². The lowest BCUT2D eigenvalue weighted by Gasteiger charge is -2.40. The minimum absolute atomic E-state index is 0.0339. The quantitative estimate of drug-likeness (QED) is 0.906. The Hall–Kier alpha value is -1.90. The van der Waals surface area contributed by atoms with Crippen molar-refractivity contribution >= 4 is 5.91 Å². The Morgan fingerprint density at radius 2 is 1.96 bits per heavy atom. The molecular weight excluding hydrogens is 314 g/mol. The van der Waals surface area contributed by atoms with E-state index in [0.29, 0.717) is 32.5 Å². The second-order valence-electron chi connectivity index (χ2n) is 7.25. The Bertz CT molecular complexity index is 616. The van der Waals surface area contributed by atoms with E-state index in [2.05, 4.69) is 11.0 Å². The summed E-state index contributed by atoms with van der Waals surface area (Å²) in [5.41, 5.74) is 0.601. The highest BCUT2D eigenvalue weighted by atomic mass is 16.3. The second-order valence-corrected chi connectivity index (χ2v) is 7.25. The van der Waals surface area contributed by atoms with Crippen LogP contribution in [-0.4, -0.2) is 60.1 Å². The number of amides is 1. The number of nitrogens with zero attached hydrogens (tertiary/aromatic N) is 3. The number of β-amino-alcohol motifs (C(OH)–C–C–N with tert-alkyl or cyclic N) is 1. The first-order valence-corrected chi connectivity index (χ1v) is 9.27. The number of likely N-dealkylation sites (tertiary alicyclic amines) is 2. The van der Waals surface area contributed by atoms with Crippen molar-refractivity contribution < 1.29 is 9.90 Å². The van der Waals surface area contributed by atoms with Gasteiger partial charge in [0.2, 0.25) is 5.91 Å². The molecule has 2 saturated heterocycles. The van der Waals surface area contributed by atoms with E-state index in [4.69, 9.17) is 5.11 Å². The van der Waals surface area contributed by atoms with Crippen molar-refractivity contribution in [1.82, 2.24) is 9.80 Å². The number of nitriles is 1. The summed E-state index contributed by atoms with van der Waals surface area (Å²) < 4.78 is 0. The van der Waals surface area contributed by atoms with E-state index in [-0.39, 0.29) is 18.4 Å². The molecule has 0 spiro atoms. The van der Waals surface area contributed by atoms with Crippen molar-refractivity contribution in [2.24, 2.45) is 5.92 Å². The lowest BCUT2D eigenvalue weighted by atomic mass is 9.74. The molecule has 1 unspecified atom stereocenters. The molecule has 0 aromatic heterocycles. The van der Waals surface area contributed by atoms with E-state index >= 15 is 0 Å². The van der Waals surface area contributed by atoms with Crippen LogP contribution in [0, 0.1) is 17.2 Å². The van der Waals surface area contributed by atoms with Gasteiger partial charge in [-0.15, -0.1) is 0 Å². The normalized spacial score (nSPS) is 23.8. The van der Waals surface area contributed by atoms with Gasteiger partial charge in [-0.1, -0.05) is 30.3 Å². The molecule has 5 nitrogen and oxygen atoms in total. The molecule has 0 aliphatic carbocycles. The van der Waals surface area contributed by atoms with Crippen LogP contribution in [0.5, 0.6) is 0 Å². The van der Waals surface area contributed by atoms with Crippen LogP contribution in [0.4, 0.5) is 0 Å². The lowest BCUT2D eigenvalue weighted by molar-refractivity contribution is -0.138. The zero-order valence-corrected chi connectivity index (χ0v) is 14.7. The Morgan fingerprint density at radius 3 is 2.60 bits per heavy atom. The zero-order valence-electron chi connectivity index (χ0n) is 14.7. The largest absolute Gasteiger partial charge is 0.395 e. The highest BCUT2D eigenvalue weighted by Gasteiger charge is 2.39. The van der Waals surface area contributed by atoms with Crippen LogP contribution < -0.4 is 0 Å². The third-order valence-electron chi connectivity index (χ3n) is 5.74. The summed E-state index contributed by atoms with van der Waals surface area (Å²) in [5, 5.41) is 18.9. The summed E-state index contributed by atoms with van der Waals surface area (Å²) >= 11 is 0. The number of rotatable bonds is 4. The molecule has 1 aromatic carbocycles. The van der Waals surface area contributed by atoms with Gasteiger partial charge < -0.3 is 14.9 Å². The summed E-state index contributed by atoms with van der Waals surface area (Å²) in [7, 11) is 0. The fraction of sp³-hybridized carbons (Fsp3) is 0.600. The SMILES string of the molecule is N#CC1(c2ccccc2)CCN(C(=O)C2CCCN(CCO)C2)CC1. The zero-order chi connectivity index (χ0) is 17.7. The minimum Gasteiger partial charge on any atom is -0.395 e. The van der Waals surface area contributed by atoms with Gasteiger partial charge in [0.1, 0.15) is 0 Å². The van der Waals surface area contributed by atoms with E-state index in [1.807, 2.05) is 35.2 Å². The van der Waals surface area contributed by atoms with Crippen LogP contribution in [0.3, 0.4) is 0 Å². The Balaban J connectivity index is 1.62. The van der Waals surface area contributed by atoms with Gasteiger partial charge in [-0.2, -0.15) is 5.26 Å². The van der Waals surface area contributed by atoms with Crippen molar-refractivity contribution in [1.29, 1.82) is 5.26 Å². The fourth-order valence-corrected chi connectivity index (χ4v) is 4.19. The average Bonchev–Trinajstić information content (AvgIpc) is 2.69. The molecule has 25 heavy (non-hydrogen) atoms. The van der Waals surface area contributed by atoms with E-state index in [1.54, 1.807) is 0 Å². The first-order valence-electron chi connectivity index (χ1n) is 9.27. The number of hydrogen-bond acceptors (Lipinski definition) is 4. The molecule has 1 atom stereocenters. The number of hydrogen-bond donors (Lipinski definition) is 1. The third-order valence-corrected chi connectivity index (χ3v) is 5.74. The van der Waals surface area contributed by atoms with Crippen molar-refractivity contribution in [3.8, 4) is 6.07 Å². The van der Waals surface area contributed by atoms with Gasteiger partial charge in [0, 0.05) is 26.2 Å². The molecule has 1 amide bonds. The smallest absolute Gasteiger partial charge is 0.226 e. The highest BCUT2D eigenvalue weighted by molar-refractivity contribution is 5.79. The van der Waals surface area contributed by atoms with E-state index in [9.17, 15) is 10.1 Å². The van der Waals surface area contributed by atoms with Gasteiger partial charge in [-0.05, 0) is 37.8 Å². The predicted octanol–water partition coefficient (Wildman–Crippen LogP) is 1.77. The predicted molar refractivity (Wildman–Crippen MR) is 95.8 cm³/mol. The standard InChI is InChI=1S/C20H27N3O2/c21-16-20(18-6-2-1-3-7-18)8-11-23(12-9-20)19(25)17-5-4-10-22(15-17)13-14-24/h1-3,6-7,17,24H,4-5,8-15H2. The maximum atomic E-state index is 12.9. The maximum absolute atomic E-state index is 12.9. The number of aliphatic hydroxyl groups is 1. The Labute approximate surface area is 149 Å². The first kappa shape index (κ1) is 17.9. The highest BCUT2D eigenvalue weighted by Crippen LogP contribution is 2.35. The van der Waals surface area contributed by atoms with Crippen LogP contribution >= 0.6 is 0 Å². The Kier molecular flexibility index (Phi) is 5.72. The molecule has 2 aliphatic heterocycles. The molecule has 1 N–H and O–H groups in total. The average molecular weight is 341 g/mol. The van der Waals surface area contributed by atoms with Crippen molar-refractivity contribution in [3.05, 3.63) is 35.9 Å². The second kappa shape index (κ2) is 7.99. The molecule has 0 bridgehead atoms. The van der Waals surface area contributed by atoms with Gasteiger partial charge in [0.15, 0.2) is 0 Å². The van der Waals surface area contributed by atoms with Gasteiger partial charge in [-0.25, -0.2) is 0 Å². The number of carbonyl (C=O) groups is 1. The summed E-state index contributed by atoms with van der Waals surface area (Å²) in [4.78, 5) is 17.0. The summed E-state index contributed by atoms with van der Waals surface area (Å²) in [6.45, 7) is 3.81. The number of piperidine rings is 2. The van der Waals surface area contributed by atoms with Crippen LogP contribution in [0.15, 0.2) is 30.3 Å². The van der Waals surface area contributed by atoms with E-state index in [1.165, 1.54) is 0 Å².